The predicted octanol–water partition coefficient (Wildman–Crippen LogP) is 3.28. The Balaban J connectivity index is 3.43. The van der Waals surface area contributed by atoms with E-state index in [1.54, 1.807) is 0 Å². The third-order valence-corrected chi connectivity index (χ3v) is 2.13. The number of rotatable bonds is 7. The van der Waals surface area contributed by atoms with E-state index in [-0.39, 0.29) is 6.10 Å². The molecule has 0 rings (SSSR count). The zero-order valence-electron chi connectivity index (χ0n) is 8.47. The number of hydrogen-bond acceptors (Lipinski definition) is 1. The first-order chi connectivity index (χ1) is 5.72. The SMILES string of the molecule is C=C(CCCCC)C(O)CCC. The lowest BCUT2D eigenvalue weighted by atomic mass is 10.0. The fourth-order valence-corrected chi connectivity index (χ4v) is 1.25. The molecule has 0 fully saturated rings. The minimum atomic E-state index is -0.258. The molecule has 0 bridgehead atoms. The predicted molar refractivity (Wildman–Crippen MR) is 54.2 cm³/mol. The van der Waals surface area contributed by atoms with Crippen LogP contribution in [0.4, 0.5) is 0 Å². The van der Waals surface area contributed by atoms with E-state index < -0.39 is 0 Å². The molecule has 12 heavy (non-hydrogen) atoms. The van der Waals surface area contributed by atoms with E-state index in [1.807, 2.05) is 0 Å². The maximum atomic E-state index is 9.52. The fraction of sp³-hybridized carbons (Fsp3) is 0.818. The van der Waals surface area contributed by atoms with Gasteiger partial charge >= 0.3 is 0 Å². The molecule has 0 aliphatic rings. The van der Waals surface area contributed by atoms with Gasteiger partial charge in [0.05, 0.1) is 6.10 Å². The molecular formula is C11H22O. The summed E-state index contributed by atoms with van der Waals surface area (Å²) in [6, 6.07) is 0. The fourth-order valence-electron chi connectivity index (χ4n) is 1.25. The highest BCUT2D eigenvalue weighted by molar-refractivity contribution is 5.00. The van der Waals surface area contributed by atoms with Gasteiger partial charge in [-0.2, -0.15) is 0 Å². The Bertz CT molecular complexity index is 118. The molecule has 0 radical (unpaired) electrons. The first kappa shape index (κ1) is 11.7. The third-order valence-electron chi connectivity index (χ3n) is 2.13. The standard InChI is InChI=1S/C11H22O/c1-4-6-7-9-10(3)11(12)8-5-2/h11-12H,3-9H2,1-2H3. The van der Waals surface area contributed by atoms with E-state index in [1.165, 1.54) is 19.3 Å². The topological polar surface area (TPSA) is 20.2 Å². The Morgan fingerprint density at radius 1 is 1.25 bits per heavy atom. The highest BCUT2D eigenvalue weighted by Crippen LogP contribution is 2.14. The van der Waals surface area contributed by atoms with Crippen LogP contribution in [-0.2, 0) is 0 Å². The van der Waals surface area contributed by atoms with Crippen LogP contribution in [0, 0.1) is 0 Å². The molecule has 0 aromatic rings. The molecule has 0 aromatic carbocycles. The van der Waals surface area contributed by atoms with Crippen LogP contribution in [-0.4, -0.2) is 11.2 Å². The van der Waals surface area contributed by atoms with Crippen molar-refractivity contribution in [3.63, 3.8) is 0 Å². The molecule has 1 unspecified atom stereocenters. The minimum absolute atomic E-state index is 0.258. The van der Waals surface area contributed by atoms with Crippen LogP contribution in [0.1, 0.15) is 52.4 Å². The van der Waals surface area contributed by atoms with Crippen molar-refractivity contribution in [2.45, 2.75) is 58.5 Å². The van der Waals surface area contributed by atoms with Gasteiger partial charge in [-0.3, -0.25) is 0 Å². The average molecular weight is 170 g/mol. The van der Waals surface area contributed by atoms with Crippen LogP contribution >= 0.6 is 0 Å². The largest absolute Gasteiger partial charge is 0.389 e. The summed E-state index contributed by atoms with van der Waals surface area (Å²) in [6.07, 6.45) is 6.30. The normalized spacial score (nSPS) is 12.9. The van der Waals surface area contributed by atoms with Crippen molar-refractivity contribution < 1.29 is 5.11 Å². The van der Waals surface area contributed by atoms with E-state index >= 15 is 0 Å². The second-order valence-electron chi connectivity index (χ2n) is 3.42. The third kappa shape index (κ3) is 5.36. The van der Waals surface area contributed by atoms with Gasteiger partial charge in [-0.15, -0.1) is 0 Å². The van der Waals surface area contributed by atoms with Crippen molar-refractivity contribution >= 4 is 0 Å². The lowest BCUT2D eigenvalue weighted by molar-refractivity contribution is 0.195. The van der Waals surface area contributed by atoms with Gasteiger partial charge < -0.3 is 5.11 Å². The molecule has 72 valence electrons. The Morgan fingerprint density at radius 3 is 2.42 bits per heavy atom. The Hall–Kier alpha value is -0.300. The van der Waals surface area contributed by atoms with Crippen molar-refractivity contribution in [1.82, 2.24) is 0 Å². The van der Waals surface area contributed by atoms with Gasteiger partial charge in [-0.1, -0.05) is 39.7 Å². The van der Waals surface area contributed by atoms with Gasteiger partial charge in [0.2, 0.25) is 0 Å². The molecule has 0 aliphatic carbocycles. The second-order valence-corrected chi connectivity index (χ2v) is 3.42. The van der Waals surface area contributed by atoms with Crippen molar-refractivity contribution in [2.24, 2.45) is 0 Å². The summed E-state index contributed by atoms with van der Waals surface area (Å²) in [4.78, 5) is 0. The van der Waals surface area contributed by atoms with Gasteiger partial charge in [0.25, 0.3) is 0 Å². The lowest BCUT2D eigenvalue weighted by Crippen LogP contribution is -2.08. The maximum Gasteiger partial charge on any atom is 0.0747 e. The summed E-state index contributed by atoms with van der Waals surface area (Å²) >= 11 is 0. The van der Waals surface area contributed by atoms with Crippen molar-refractivity contribution in [2.75, 3.05) is 0 Å². The molecule has 0 aliphatic heterocycles. The van der Waals surface area contributed by atoms with Crippen molar-refractivity contribution in [3.8, 4) is 0 Å². The molecular weight excluding hydrogens is 148 g/mol. The molecule has 0 aromatic heterocycles. The van der Waals surface area contributed by atoms with Crippen LogP contribution in [0.3, 0.4) is 0 Å². The van der Waals surface area contributed by atoms with Crippen LogP contribution in [0.2, 0.25) is 0 Å². The molecule has 1 heteroatoms. The molecule has 0 saturated heterocycles. The van der Waals surface area contributed by atoms with Gasteiger partial charge in [-0.25, -0.2) is 0 Å². The monoisotopic (exact) mass is 170 g/mol. The van der Waals surface area contributed by atoms with Crippen molar-refractivity contribution in [1.29, 1.82) is 0 Å². The van der Waals surface area contributed by atoms with Crippen LogP contribution < -0.4 is 0 Å². The van der Waals surface area contributed by atoms with E-state index in [0.29, 0.717) is 0 Å². The number of unbranched alkanes of at least 4 members (excludes halogenated alkanes) is 2. The van der Waals surface area contributed by atoms with Crippen LogP contribution in [0.5, 0.6) is 0 Å². The van der Waals surface area contributed by atoms with Gasteiger partial charge in [0.15, 0.2) is 0 Å². The maximum absolute atomic E-state index is 9.52. The van der Waals surface area contributed by atoms with Gasteiger partial charge in [0.1, 0.15) is 0 Å². The molecule has 1 N–H and O–H groups in total. The molecule has 1 atom stereocenters. The Labute approximate surface area is 76.5 Å². The summed E-state index contributed by atoms with van der Waals surface area (Å²) in [7, 11) is 0. The molecule has 0 heterocycles. The average Bonchev–Trinajstić information content (AvgIpc) is 2.05. The van der Waals surface area contributed by atoms with Gasteiger partial charge in [-0.05, 0) is 24.8 Å². The first-order valence-corrected chi connectivity index (χ1v) is 5.08. The molecule has 0 saturated carbocycles. The summed E-state index contributed by atoms with van der Waals surface area (Å²) in [6.45, 7) is 8.17. The summed E-state index contributed by atoms with van der Waals surface area (Å²) in [5.74, 6) is 0. The van der Waals surface area contributed by atoms with Gasteiger partial charge in [0, 0.05) is 0 Å². The molecule has 0 amide bonds. The van der Waals surface area contributed by atoms with E-state index in [4.69, 9.17) is 0 Å². The van der Waals surface area contributed by atoms with Crippen LogP contribution in [0.25, 0.3) is 0 Å². The van der Waals surface area contributed by atoms with Crippen molar-refractivity contribution in [3.05, 3.63) is 12.2 Å². The number of aliphatic hydroxyl groups is 1. The van der Waals surface area contributed by atoms with E-state index in [9.17, 15) is 5.11 Å². The molecule has 1 nitrogen and oxygen atoms in total. The number of hydrogen-bond donors (Lipinski definition) is 1. The summed E-state index contributed by atoms with van der Waals surface area (Å²) in [5, 5.41) is 9.52. The zero-order valence-corrected chi connectivity index (χ0v) is 8.47. The van der Waals surface area contributed by atoms with E-state index in [0.717, 1.165) is 24.8 Å². The zero-order chi connectivity index (χ0) is 9.40. The quantitative estimate of drug-likeness (QED) is 0.459. The number of aliphatic hydroxyl groups excluding tert-OH is 1. The minimum Gasteiger partial charge on any atom is -0.389 e. The highest BCUT2D eigenvalue weighted by atomic mass is 16.3. The molecule has 0 spiro atoms. The second kappa shape index (κ2) is 7.35. The summed E-state index contributed by atoms with van der Waals surface area (Å²) in [5.41, 5.74) is 1.02. The van der Waals surface area contributed by atoms with Crippen LogP contribution in [0.15, 0.2) is 12.2 Å². The smallest absolute Gasteiger partial charge is 0.0747 e. The lowest BCUT2D eigenvalue weighted by Gasteiger charge is -2.11. The summed E-state index contributed by atoms with van der Waals surface area (Å²) < 4.78 is 0. The highest BCUT2D eigenvalue weighted by Gasteiger charge is 2.05. The Kier molecular flexibility index (Phi) is 7.17. The van der Waals surface area contributed by atoms with E-state index in [2.05, 4.69) is 20.4 Å². The Morgan fingerprint density at radius 2 is 1.92 bits per heavy atom. The first-order valence-electron chi connectivity index (χ1n) is 5.08.